The molecule has 3 heterocycles. The molecule has 29 nitrogen and oxygen atoms in total. The van der Waals surface area contributed by atoms with Gasteiger partial charge in [-0.1, -0.05) is 18.2 Å². The smallest absolute Gasteiger partial charge is 0.478 e. The van der Waals surface area contributed by atoms with E-state index in [1.807, 2.05) is 50.9 Å². The quantitative estimate of drug-likeness (QED) is 0.0160. The van der Waals surface area contributed by atoms with Gasteiger partial charge < -0.3 is 59.6 Å². The van der Waals surface area contributed by atoms with Crippen LogP contribution in [0.5, 0.6) is 0 Å². The molecule has 7 rings (SSSR count). The van der Waals surface area contributed by atoms with Crippen molar-refractivity contribution in [3.63, 3.8) is 0 Å². The molecule has 3 aliphatic rings. The number of alkyl carbamates (subject to hydrolysis) is 1. The normalized spacial score (nSPS) is 17.7. The van der Waals surface area contributed by atoms with E-state index in [1.54, 1.807) is 6.07 Å². The Morgan fingerprint density at radius 1 is 0.963 bits per heavy atom. The van der Waals surface area contributed by atoms with Gasteiger partial charge in [0.1, 0.15) is 29.8 Å². The Morgan fingerprint density at radius 2 is 1.70 bits per heavy atom. The van der Waals surface area contributed by atoms with E-state index in [0.29, 0.717) is 51.9 Å². The maximum Gasteiger partial charge on any atom is 0.490 e. The first-order valence-corrected chi connectivity index (χ1v) is 28.9. The standard InChI is InChI=1S/C49H54N7O22P3/c1-6-50-36-19-40-34(15-25(36)3)44(35-16-26(4)37(51-7-2)20-41(35)75-40)33-18-29(11-12-31(33)47(60)61)45(58)53-22-28-10-13-38(56(64)65)32(17-28)27(5)74-49(63)52-14-8-9-30-23-55(48(62)54-46(30)59)43-21-39(57)42(76-43)24-73-80(69,70)78-81(71,72)77-79(66,67)68/h8-13,15-20,23,27,39,42-43,50,57H,6-7,14,21-22,24H2,1-5H3,(H,52,63)(H,53,58)(H,60,61)(H,69,70)(H,71,72)(H,54,59,62)(H2,66,67,68)/b9-8+,51-37?/t27?,39?,42-,43-/m1/s1. The molecule has 1 aromatic heterocycles. The molecule has 10 N–H and O–H groups in total. The number of ether oxygens (including phenoxy) is 2. The number of aryl methyl sites for hydroxylation is 2. The third-order valence-electron chi connectivity index (χ3n) is 12.3. The van der Waals surface area contributed by atoms with E-state index < -0.39 is 94.4 Å². The summed E-state index contributed by atoms with van der Waals surface area (Å²) in [4.78, 5) is 120. The van der Waals surface area contributed by atoms with Crippen LogP contribution >= 0.6 is 23.5 Å². The van der Waals surface area contributed by atoms with Crippen LogP contribution in [0.3, 0.4) is 0 Å². The third kappa shape index (κ3) is 15.1. The van der Waals surface area contributed by atoms with Crippen molar-refractivity contribution in [3.05, 3.63) is 148 Å². The zero-order chi connectivity index (χ0) is 59.3. The summed E-state index contributed by atoms with van der Waals surface area (Å²) >= 11 is 0. The van der Waals surface area contributed by atoms with Gasteiger partial charge in [0.2, 0.25) is 0 Å². The number of phosphoric ester groups is 1. The number of nitrogens with one attached hydrogen (secondary N) is 4. The fourth-order valence-electron chi connectivity index (χ4n) is 8.70. The molecule has 0 radical (unpaired) electrons. The molecule has 81 heavy (non-hydrogen) atoms. The largest absolute Gasteiger partial charge is 0.490 e. The van der Waals surface area contributed by atoms with Crippen LogP contribution in [0, 0.1) is 24.0 Å². The summed E-state index contributed by atoms with van der Waals surface area (Å²) in [5.74, 6) is -1.41. The minimum atomic E-state index is -5.84. The number of aromatic amines is 1. The topological polar surface area (TPSA) is 430 Å². The molecule has 432 valence electrons. The highest BCUT2D eigenvalue weighted by atomic mass is 31.3. The highest BCUT2D eigenvalue weighted by molar-refractivity contribution is 7.66. The van der Waals surface area contributed by atoms with E-state index in [4.69, 9.17) is 23.7 Å². The lowest BCUT2D eigenvalue weighted by molar-refractivity contribution is -0.386. The van der Waals surface area contributed by atoms with E-state index in [9.17, 15) is 67.8 Å². The van der Waals surface area contributed by atoms with Crippen molar-refractivity contribution in [1.82, 2.24) is 20.2 Å². The van der Waals surface area contributed by atoms with Gasteiger partial charge in [-0.25, -0.2) is 28.1 Å². The van der Waals surface area contributed by atoms with E-state index in [2.05, 4.69) is 34.1 Å². The second-order valence-electron chi connectivity index (χ2n) is 18.1. The summed E-state index contributed by atoms with van der Waals surface area (Å²) in [6, 6.07) is 15.6. The van der Waals surface area contributed by atoms with Gasteiger partial charge in [-0.2, -0.15) is 8.62 Å². The monoisotopic (exact) mass is 1190 g/mol. The number of benzene rings is 4. The Kier molecular flexibility index (Phi) is 19.0. The average molecular weight is 1190 g/mol. The number of carbonyl (C=O) groups is 3. The number of aliphatic hydroxyl groups excluding tert-OH is 1. The fraction of sp³-hybridized carbons (Fsp3) is 0.306. The molecule has 6 atom stereocenters. The van der Waals surface area contributed by atoms with Crippen LogP contribution < -0.4 is 32.6 Å². The first kappa shape index (κ1) is 61.1. The van der Waals surface area contributed by atoms with Gasteiger partial charge in [-0.15, -0.1) is 0 Å². The highest BCUT2D eigenvalue weighted by Gasteiger charge is 2.43. The molecule has 4 unspecified atom stereocenters. The molecule has 1 aliphatic carbocycles. The fourth-order valence-corrected chi connectivity index (χ4v) is 11.7. The third-order valence-corrected chi connectivity index (χ3v) is 16.1. The molecule has 3 aromatic carbocycles. The molecular weight excluding hydrogens is 1130 g/mol. The number of nitrogens with zero attached hydrogens (tertiary/aromatic N) is 3. The number of nitro groups is 1. The molecule has 32 heteroatoms. The van der Waals surface area contributed by atoms with E-state index in [-0.39, 0.29) is 47.3 Å². The lowest BCUT2D eigenvalue weighted by Gasteiger charge is -2.20. The number of amides is 2. The summed E-state index contributed by atoms with van der Waals surface area (Å²) in [7, 11) is -17.1. The number of H-pyrrole nitrogens is 1. The minimum Gasteiger partial charge on any atom is -0.478 e. The van der Waals surface area contributed by atoms with Gasteiger partial charge >= 0.3 is 41.2 Å². The van der Waals surface area contributed by atoms with Gasteiger partial charge in [-0.05, 0) is 93.3 Å². The molecular formula is C49H54N7O22P3. The number of anilines is 1. The number of carboxylic acid groups (broad SMARTS) is 1. The van der Waals surface area contributed by atoms with Gasteiger partial charge in [-0.3, -0.25) is 38.8 Å². The van der Waals surface area contributed by atoms with E-state index in [1.165, 1.54) is 55.5 Å². The first-order chi connectivity index (χ1) is 38.1. The highest BCUT2D eigenvalue weighted by Crippen LogP contribution is 2.66. The molecule has 1 saturated heterocycles. The van der Waals surface area contributed by atoms with Gasteiger partial charge in [0.15, 0.2) is 0 Å². The zero-order valence-electron chi connectivity index (χ0n) is 43.5. The Labute approximate surface area is 457 Å². The Balaban J connectivity index is 1.02. The van der Waals surface area contributed by atoms with E-state index >= 15 is 0 Å². The number of rotatable bonds is 22. The molecule has 1 fully saturated rings. The van der Waals surface area contributed by atoms with Crippen LogP contribution in [0.1, 0.15) is 88.1 Å². The maximum atomic E-state index is 14.0. The van der Waals surface area contributed by atoms with Crippen LogP contribution in [0.15, 0.2) is 91.9 Å². The number of fused-ring (bicyclic) bond motifs is 2. The summed E-state index contributed by atoms with van der Waals surface area (Å²) in [6.07, 6.45) is -3.55. The SMILES string of the molecule is CCN=c1cc2oc3cc(NCC)c(C)cc3c(-c3cc(C(=O)NCc4ccc([N+](=O)[O-])c(C(C)OC(=O)NC/C=C/c5cn([C@H]6CC(O)[C@@H](COP(=O)(O)OP(=O)(O)OP(=O)(O)O)O6)c(=O)[nH]c5=O)c4)ccc3C(=O)O)c-2cc1C. The number of hydrogen-bond donors (Lipinski definition) is 10. The average Bonchev–Trinajstić information content (AvgIpc) is 3.96. The number of carboxylic acids is 1. The summed E-state index contributed by atoms with van der Waals surface area (Å²) in [5, 5.41) is 42.9. The Hall–Kier alpha value is -7.49. The molecule has 0 bridgehead atoms. The number of aliphatic hydroxyl groups is 1. The second-order valence-corrected chi connectivity index (χ2v) is 22.5. The van der Waals surface area contributed by atoms with Crippen molar-refractivity contribution < 1.29 is 89.8 Å². The summed E-state index contributed by atoms with van der Waals surface area (Å²) in [5.41, 5.74) is 2.13. The van der Waals surface area contributed by atoms with Crippen molar-refractivity contribution in [2.24, 2.45) is 4.99 Å². The van der Waals surface area contributed by atoms with E-state index in [0.717, 1.165) is 27.6 Å². The van der Waals surface area contributed by atoms with Crippen LogP contribution in [-0.2, 0) is 42.9 Å². The maximum absolute atomic E-state index is 14.0. The number of hydrogen-bond acceptors (Lipinski definition) is 19. The lowest BCUT2D eigenvalue weighted by atomic mass is 9.88. The van der Waals surface area contributed by atoms with Crippen molar-refractivity contribution >= 4 is 69.9 Å². The van der Waals surface area contributed by atoms with Gasteiger partial charge in [0.05, 0.1) is 39.7 Å². The molecule has 4 aromatic rings. The van der Waals surface area contributed by atoms with Crippen LogP contribution in [0.4, 0.5) is 16.2 Å². The number of phosphoric acid groups is 3. The Bertz CT molecular complexity index is 3800. The van der Waals surface area contributed by atoms with Gasteiger partial charge in [0, 0.05) is 84.8 Å². The van der Waals surface area contributed by atoms with Crippen molar-refractivity contribution in [2.75, 3.05) is 31.6 Å². The second kappa shape index (κ2) is 25.1. The summed E-state index contributed by atoms with van der Waals surface area (Å²) < 4.78 is 64.7. The lowest BCUT2D eigenvalue weighted by Crippen LogP contribution is -2.33. The Morgan fingerprint density at radius 3 is 2.38 bits per heavy atom. The van der Waals surface area contributed by atoms with Crippen molar-refractivity contribution in [3.8, 4) is 22.5 Å². The number of nitro benzene ring substituents is 1. The summed E-state index contributed by atoms with van der Waals surface area (Å²) in [6.45, 7) is 8.66. The first-order valence-electron chi connectivity index (χ1n) is 24.3. The molecule has 2 amide bonds. The number of aromatic nitrogens is 2. The minimum absolute atomic E-state index is 0.0409. The predicted molar refractivity (Wildman–Crippen MR) is 287 cm³/mol. The number of carbonyl (C=O) groups excluding carboxylic acids is 2. The molecule has 2 aliphatic heterocycles. The zero-order valence-corrected chi connectivity index (χ0v) is 46.1. The van der Waals surface area contributed by atoms with Crippen molar-refractivity contribution in [2.45, 2.75) is 72.1 Å². The van der Waals surface area contributed by atoms with Crippen molar-refractivity contribution in [1.29, 1.82) is 0 Å². The molecule has 0 saturated carbocycles. The van der Waals surface area contributed by atoms with Crippen LogP contribution in [0.25, 0.3) is 39.5 Å². The van der Waals surface area contributed by atoms with Crippen LogP contribution in [-0.4, -0.2) is 101 Å². The molecule has 0 spiro atoms. The van der Waals surface area contributed by atoms with Gasteiger partial charge in [0.25, 0.3) is 17.2 Å². The van der Waals surface area contributed by atoms with Crippen LogP contribution in [0.2, 0.25) is 0 Å². The predicted octanol–water partition coefficient (Wildman–Crippen LogP) is 6.05. The number of aromatic carboxylic acids is 1.